The second-order valence-electron chi connectivity index (χ2n) is 4.59. The van der Waals surface area contributed by atoms with Gasteiger partial charge in [-0.05, 0) is 24.1 Å². The summed E-state index contributed by atoms with van der Waals surface area (Å²) in [6.07, 6.45) is 1.56. The molecule has 6 nitrogen and oxygen atoms in total. The number of rotatable bonds is 4. The summed E-state index contributed by atoms with van der Waals surface area (Å²) in [6, 6.07) is 9.83. The Morgan fingerprint density at radius 1 is 1.27 bits per heavy atom. The number of hydrogen-bond acceptors (Lipinski definition) is 5. The minimum absolute atomic E-state index is 0.00892. The molecule has 0 N–H and O–H groups in total. The summed E-state index contributed by atoms with van der Waals surface area (Å²) < 4.78 is 6.68. The zero-order valence-corrected chi connectivity index (χ0v) is 12.6. The van der Waals surface area contributed by atoms with E-state index in [0.717, 1.165) is 5.56 Å². The summed E-state index contributed by atoms with van der Waals surface area (Å²) in [5.74, 6) is -0.531. The molecule has 0 spiro atoms. The maximum absolute atomic E-state index is 12.0. The number of fused-ring (bicyclic) bond motifs is 1. The SMILES string of the molecule is CCOC(=O)c1nc(Cl)nc2c1cnn2Cc1ccccc1. The highest BCUT2D eigenvalue weighted by Crippen LogP contribution is 2.19. The molecule has 2 heterocycles. The summed E-state index contributed by atoms with van der Waals surface area (Å²) in [5, 5.41) is 4.80. The van der Waals surface area contributed by atoms with Gasteiger partial charge in [0.15, 0.2) is 11.3 Å². The van der Waals surface area contributed by atoms with Crippen molar-refractivity contribution in [2.24, 2.45) is 0 Å². The molecular weight excluding hydrogens is 304 g/mol. The highest BCUT2D eigenvalue weighted by molar-refractivity contribution is 6.28. The van der Waals surface area contributed by atoms with Gasteiger partial charge in [-0.25, -0.2) is 14.5 Å². The van der Waals surface area contributed by atoms with Crippen LogP contribution in [0.2, 0.25) is 5.28 Å². The van der Waals surface area contributed by atoms with Crippen molar-refractivity contribution in [3.63, 3.8) is 0 Å². The molecule has 112 valence electrons. The normalized spacial score (nSPS) is 10.8. The van der Waals surface area contributed by atoms with Gasteiger partial charge in [0.05, 0.1) is 24.7 Å². The first kappa shape index (κ1) is 14.5. The fourth-order valence-electron chi connectivity index (χ4n) is 2.16. The predicted molar refractivity (Wildman–Crippen MR) is 81.8 cm³/mol. The van der Waals surface area contributed by atoms with Crippen LogP contribution in [0.5, 0.6) is 0 Å². The second kappa shape index (κ2) is 6.11. The predicted octanol–water partition coefficient (Wildman–Crippen LogP) is 2.70. The summed E-state index contributed by atoms with van der Waals surface area (Å²) in [5.41, 5.74) is 1.71. The lowest BCUT2D eigenvalue weighted by Crippen LogP contribution is -2.09. The molecule has 3 rings (SSSR count). The molecule has 7 heteroatoms. The minimum Gasteiger partial charge on any atom is -0.461 e. The van der Waals surface area contributed by atoms with E-state index in [1.165, 1.54) is 0 Å². The lowest BCUT2D eigenvalue weighted by molar-refractivity contribution is 0.0522. The molecule has 1 aromatic carbocycles. The molecule has 0 aliphatic rings. The van der Waals surface area contributed by atoms with Gasteiger partial charge in [-0.1, -0.05) is 30.3 Å². The van der Waals surface area contributed by atoms with E-state index in [4.69, 9.17) is 16.3 Å². The smallest absolute Gasteiger partial charge is 0.357 e. The third-order valence-electron chi connectivity index (χ3n) is 3.11. The van der Waals surface area contributed by atoms with Gasteiger partial charge in [-0.2, -0.15) is 10.1 Å². The molecule has 0 atom stereocenters. The standard InChI is InChI=1S/C15H13ClN4O2/c1-2-22-14(21)12-11-8-17-20(13(11)19-15(16)18-12)9-10-6-4-3-5-7-10/h3-8H,2,9H2,1H3. The molecule has 0 bridgehead atoms. The Bertz CT molecular complexity index is 817. The maximum atomic E-state index is 12.0. The first-order chi connectivity index (χ1) is 10.7. The van der Waals surface area contributed by atoms with Gasteiger partial charge >= 0.3 is 5.97 Å². The Morgan fingerprint density at radius 3 is 2.77 bits per heavy atom. The fraction of sp³-hybridized carbons (Fsp3) is 0.200. The van der Waals surface area contributed by atoms with E-state index in [0.29, 0.717) is 17.6 Å². The number of hydrogen-bond donors (Lipinski definition) is 0. The second-order valence-corrected chi connectivity index (χ2v) is 4.92. The lowest BCUT2D eigenvalue weighted by atomic mass is 10.2. The van der Waals surface area contributed by atoms with Crippen molar-refractivity contribution in [1.82, 2.24) is 19.7 Å². The van der Waals surface area contributed by atoms with Crippen LogP contribution in [0.4, 0.5) is 0 Å². The number of benzene rings is 1. The van der Waals surface area contributed by atoms with E-state index in [1.807, 2.05) is 30.3 Å². The van der Waals surface area contributed by atoms with Crippen molar-refractivity contribution in [3.05, 3.63) is 53.1 Å². The molecule has 0 unspecified atom stereocenters. The Morgan fingerprint density at radius 2 is 2.05 bits per heavy atom. The van der Waals surface area contributed by atoms with Gasteiger partial charge in [0.25, 0.3) is 0 Å². The number of carbonyl (C=O) groups is 1. The number of nitrogens with zero attached hydrogens (tertiary/aromatic N) is 4. The van der Waals surface area contributed by atoms with Crippen molar-refractivity contribution in [1.29, 1.82) is 0 Å². The van der Waals surface area contributed by atoms with Crippen molar-refractivity contribution < 1.29 is 9.53 Å². The van der Waals surface area contributed by atoms with Crippen molar-refractivity contribution in [2.75, 3.05) is 6.61 Å². The number of ether oxygens (including phenoxy) is 1. The third kappa shape index (κ3) is 2.78. The van der Waals surface area contributed by atoms with Crippen LogP contribution in [-0.4, -0.2) is 32.3 Å². The Kier molecular flexibility index (Phi) is 4.02. The molecule has 22 heavy (non-hydrogen) atoms. The van der Waals surface area contributed by atoms with Gasteiger partial charge < -0.3 is 4.74 Å². The minimum atomic E-state index is -0.531. The van der Waals surface area contributed by atoms with Crippen molar-refractivity contribution in [3.8, 4) is 0 Å². The molecule has 0 saturated carbocycles. The quantitative estimate of drug-likeness (QED) is 0.547. The summed E-state index contributed by atoms with van der Waals surface area (Å²) in [7, 11) is 0. The summed E-state index contributed by atoms with van der Waals surface area (Å²) >= 11 is 5.93. The third-order valence-corrected chi connectivity index (χ3v) is 3.28. The number of carbonyl (C=O) groups excluding carboxylic acids is 1. The van der Waals surface area contributed by atoms with E-state index in [1.54, 1.807) is 17.8 Å². The Hall–Kier alpha value is -2.47. The molecule has 0 aliphatic carbocycles. The zero-order valence-electron chi connectivity index (χ0n) is 11.9. The average Bonchev–Trinajstić information content (AvgIpc) is 2.90. The van der Waals surface area contributed by atoms with Crippen LogP contribution >= 0.6 is 11.6 Å². The van der Waals surface area contributed by atoms with Crippen LogP contribution in [0.25, 0.3) is 11.0 Å². The van der Waals surface area contributed by atoms with Gasteiger partial charge in [0, 0.05) is 0 Å². The van der Waals surface area contributed by atoms with E-state index in [9.17, 15) is 4.79 Å². The number of halogens is 1. The monoisotopic (exact) mass is 316 g/mol. The van der Waals surface area contributed by atoms with Crippen LogP contribution in [0.15, 0.2) is 36.5 Å². The molecule has 0 aliphatic heterocycles. The van der Waals surface area contributed by atoms with Crippen LogP contribution in [-0.2, 0) is 11.3 Å². The van der Waals surface area contributed by atoms with Gasteiger partial charge in [-0.15, -0.1) is 0 Å². The number of aromatic nitrogens is 4. The van der Waals surface area contributed by atoms with Crippen molar-refractivity contribution in [2.45, 2.75) is 13.5 Å². The van der Waals surface area contributed by atoms with E-state index in [2.05, 4.69) is 15.1 Å². The van der Waals surface area contributed by atoms with E-state index >= 15 is 0 Å². The first-order valence-electron chi connectivity index (χ1n) is 6.79. The van der Waals surface area contributed by atoms with Gasteiger partial charge in [0.1, 0.15) is 0 Å². The van der Waals surface area contributed by atoms with Gasteiger partial charge in [0.2, 0.25) is 5.28 Å². The van der Waals surface area contributed by atoms with Crippen LogP contribution in [0.1, 0.15) is 23.0 Å². The highest BCUT2D eigenvalue weighted by Gasteiger charge is 2.19. The Balaban J connectivity index is 2.05. The molecule has 0 radical (unpaired) electrons. The average molecular weight is 317 g/mol. The zero-order chi connectivity index (χ0) is 15.5. The Labute approximate surface area is 131 Å². The topological polar surface area (TPSA) is 69.9 Å². The molecule has 2 aromatic heterocycles. The largest absolute Gasteiger partial charge is 0.461 e. The van der Waals surface area contributed by atoms with Crippen LogP contribution in [0, 0.1) is 0 Å². The molecule has 0 amide bonds. The first-order valence-corrected chi connectivity index (χ1v) is 7.17. The molecule has 0 saturated heterocycles. The maximum Gasteiger partial charge on any atom is 0.357 e. The number of esters is 1. The summed E-state index contributed by atoms with van der Waals surface area (Å²) in [6.45, 7) is 2.52. The van der Waals surface area contributed by atoms with E-state index < -0.39 is 5.97 Å². The fourth-order valence-corrected chi connectivity index (χ4v) is 2.32. The molecule has 0 fully saturated rings. The molecule has 3 aromatic rings. The van der Waals surface area contributed by atoms with E-state index in [-0.39, 0.29) is 17.6 Å². The van der Waals surface area contributed by atoms with Crippen LogP contribution in [0.3, 0.4) is 0 Å². The molecular formula is C15H13ClN4O2. The van der Waals surface area contributed by atoms with Gasteiger partial charge in [-0.3, -0.25) is 0 Å². The highest BCUT2D eigenvalue weighted by atomic mass is 35.5. The lowest BCUT2D eigenvalue weighted by Gasteiger charge is -2.05. The summed E-state index contributed by atoms with van der Waals surface area (Å²) in [4.78, 5) is 20.1. The van der Waals surface area contributed by atoms with Crippen LogP contribution < -0.4 is 0 Å². The van der Waals surface area contributed by atoms with Crippen molar-refractivity contribution >= 4 is 28.6 Å².